The van der Waals surface area contributed by atoms with Gasteiger partial charge in [-0.15, -0.1) is 0 Å². The van der Waals surface area contributed by atoms with E-state index in [1.54, 1.807) is 6.08 Å². The molecule has 3 rings (SSSR count). The first-order chi connectivity index (χ1) is 14.4. The maximum atomic E-state index is 12.5. The lowest BCUT2D eigenvalue weighted by Gasteiger charge is -2.13. The van der Waals surface area contributed by atoms with E-state index in [4.69, 9.17) is 4.74 Å². The summed E-state index contributed by atoms with van der Waals surface area (Å²) >= 11 is 0.915. The average molecular weight is 425 g/mol. The maximum absolute atomic E-state index is 12.5. The zero-order chi connectivity index (χ0) is 21.5. The molecule has 7 heteroatoms. The van der Waals surface area contributed by atoms with Crippen molar-refractivity contribution in [3.63, 3.8) is 0 Å². The first kappa shape index (κ1) is 21.6. The minimum absolute atomic E-state index is 0.139. The summed E-state index contributed by atoms with van der Waals surface area (Å²) < 4.78 is 5.63. The Hall–Kier alpha value is -3.06. The highest BCUT2D eigenvalue weighted by Crippen LogP contribution is 2.31. The van der Waals surface area contributed by atoms with Crippen LogP contribution in [0.4, 0.5) is 4.79 Å². The molecule has 0 unspecified atom stereocenters. The molecule has 6 nitrogen and oxygen atoms in total. The number of benzene rings is 2. The monoisotopic (exact) mass is 424 g/mol. The summed E-state index contributed by atoms with van der Waals surface area (Å²) in [7, 11) is 0. The fourth-order valence-electron chi connectivity index (χ4n) is 3.07. The molecule has 30 heavy (non-hydrogen) atoms. The molecular formula is C23H24N2O4S. The summed E-state index contributed by atoms with van der Waals surface area (Å²) in [4.78, 5) is 38.2. The Morgan fingerprint density at radius 1 is 1.10 bits per heavy atom. The molecule has 1 saturated heterocycles. The van der Waals surface area contributed by atoms with Crippen LogP contribution in [0, 0.1) is 13.8 Å². The predicted molar refractivity (Wildman–Crippen MR) is 118 cm³/mol. The topological polar surface area (TPSA) is 75.7 Å². The Bertz CT molecular complexity index is 952. The van der Waals surface area contributed by atoms with Crippen LogP contribution < -0.4 is 10.1 Å². The van der Waals surface area contributed by atoms with Crippen molar-refractivity contribution in [3.05, 3.63) is 70.1 Å². The van der Waals surface area contributed by atoms with E-state index in [-0.39, 0.29) is 43.2 Å². The summed E-state index contributed by atoms with van der Waals surface area (Å²) in [5, 5.41) is 2.41. The third kappa shape index (κ3) is 5.97. The molecule has 156 valence electrons. The number of nitrogens with one attached hydrogen (secondary N) is 1. The molecule has 1 heterocycles. The van der Waals surface area contributed by atoms with Gasteiger partial charge >= 0.3 is 0 Å². The third-order valence-corrected chi connectivity index (χ3v) is 5.33. The van der Waals surface area contributed by atoms with Crippen LogP contribution in [0.2, 0.25) is 0 Å². The van der Waals surface area contributed by atoms with Crippen molar-refractivity contribution in [1.82, 2.24) is 10.2 Å². The molecule has 0 saturated carbocycles. The highest BCUT2D eigenvalue weighted by atomic mass is 32.2. The summed E-state index contributed by atoms with van der Waals surface area (Å²) in [6.07, 6.45) is 1.90. The summed E-state index contributed by atoms with van der Waals surface area (Å²) in [6.45, 7) is 4.59. The van der Waals surface area contributed by atoms with Crippen LogP contribution in [0.25, 0.3) is 6.08 Å². The maximum Gasteiger partial charge on any atom is 0.293 e. The molecule has 0 aliphatic carbocycles. The third-order valence-electron chi connectivity index (χ3n) is 4.42. The number of carbonyl (C=O) groups excluding carboxylic acids is 3. The number of imide groups is 1. The second kappa shape index (κ2) is 10.1. The number of amides is 3. The molecule has 3 amide bonds. The van der Waals surface area contributed by atoms with E-state index in [0.717, 1.165) is 39.1 Å². The number of nitrogens with zero attached hydrogens (tertiary/aromatic N) is 1. The molecular weight excluding hydrogens is 400 g/mol. The molecule has 1 fully saturated rings. The van der Waals surface area contributed by atoms with E-state index >= 15 is 0 Å². The molecule has 1 aliphatic heterocycles. The quantitative estimate of drug-likeness (QED) is 0.650. The normalized spacial score (nSPS) is 15.0. The number of thioether (sulfide) groups is 1. The second-order valence-corrected chi connectivity index (χ2v) is 8.01. The van der Waals surface area contributed by atoms with Crippen molar-refractivity contribution in [2.75, 3.05) is 19.7 Å². The minimum Gasteiger partial charge on any atom is -0.493 e. The highest BCUT2D eigenvalue weighted by Gasteiger charge is 2.34. The van der Waals surface area contributed by atoms with Crippen LogP contribution in [-0.2, 0) is 9.59 Å². The van der Waals surface area contributed by atoms with Gasteiger partial charge in [-0.1, -0.05) is 36.4 Å². The lowest BCUT2D eigenvalue weighted by molar-refractivity contribution is -0.124. The molecule has 1 N–H and O–H groups in total. The molecule has 0 radical (unpaired) electrons. The number of ether oxygens (including phenoxy) is 1. The largest absolute Gasteiger partial charge is 0.493 e. The van der Waals surface area contributed by atoms with Gasteiger partial charge in [0, 0.05) is 13.1 Å². The summed E-state index contributed by atoms with van der Waals surface area (Å²) in [5.74, 6) is 0.218. The van der Waals surface area contributed by atoms with E-state index in [2.05, 4.69) is 11.4 Å². The van der Waals surface area contributed by atoms with Gasteiger partial charge in [-0.05, 0) is 60.5 Å². The van der Waals surface area contributed by atoms with Crippen molar-refractivity contribution < 1.29 is 19.1 Å². The summed E-state index contributed by atoms with van der Waals surface area (Å²) in [6, 6.07) is 15.3. The van der Waals surface area contributed by atoms with Crippen LogP contribution in [0.15, 0.2) is 53.4 Å². The lowest BCUT2D eigenvalue weighted by atomic mass is 10.1. The number of carbonyl (C=O) groups is 3. The zero-order valence-corrected chi connectivity index (χ0v) is 17.8. The number of aryl methyl sites for hydroxylation is 2. The van der Waals surface area contributed by atoms with Crippen LogP contribution >= 0.6 is 11.8 Å². The minimum atomic E-state index is -0.332. The van der Waals surface area contributed by atoms with Gasteiger partial charge in [-0.25, -0.2) is 0 Å². The van der Waals surface area contributed by atoms with Gasteiger partial charge in [0.2, 0.25) is 5.91 Å². The van der Waals surface area contributed by atoms with E-state index < -0.39 is 0 Å². The van der Waals surface area contributed by atoms with Crippen molar-refractivity contribution in [3.8, 4) is 5.75 Å². The van der Waals surface area contributed by atoms with E-state index in [1.807, 2.05) is 56.3 Å². The Kier molecular flexibility index (Phi) is 7.30. The van der Waals surface area contributed by atoms with E-state index in [0.29, 0.717) is 4.91 Å². The number of hydrogen-bond donors (Lipinski definition) is 1. The molecule has 2 aromatic carbocycles. The fourth-order valence-corrected chi connectivity index (χ4v) is 3.93. The predicted octanol–water partition coefficient (Wildman–Crippen LogP) is 3.93. The van der Waals surface area contributed by atoms with Crippen molar-refractivity contribution >= 4 is 34.9 Å². The fraction of sp³-hybridized carbons (Fsp3) is 0.261. The smallest absolute Gasteiger partial charge is 0.293 e. The Morgan fingerprint density at radius 3 is 2.50 bits per heavy atom. The number of rotatable bonds is 8. The first-order valence-corrected chi connectivity index (χ1v) is 10.5. The Balaban J connectivity index is 1.42. The van der Waals surface area contributed by atoms with Gasteiger partial charge in [0.05, 0.1) is 17.9 Å². The molecule has 2 aromatic rings. The average Bonchev–Trinajstić information content (AvgIpc) is 2.95. The highest BCUT2D eigenvalue weighted by molar-refractivity contribution is 8.18. The van der Waals surface area contributed by atoms with Gasteiger partial charge in [0.1, 0.15) is 5.75 Å². The van der Waals surface area contributed by atoms with Crippen LogP contribution in [0.5, 0.6) is 5.75 Å². The van der Waals surface area contributed by atoms with E-state index in [9.17, 15) is 14.4 Å². The van der Waals surface area contributed by atoms with Crippen LogP contribution in [-0.4, -0.2) is 41.6 Å². The first-order valence-electron chi connectivity index (χ1n) is 9.70. The Morgan fingerprint density at radius 2 is 1.80 bits per heavy atom. The molecule has 0 spiro atoms. The SMILES string of the molecule is Cc1cc(C)cc(OCCC(=O)NCCN2C(=O)S/C(=C\c3ccccc3)C2=O)c1. The summed E-state index contributed by atoms with van der Waals surface area (Å²) in [5.41, 5.74) is 3.07. The Labute approximate surface area is 180 Å². The zero-order valence-electron chi connectivity index (χ0n) is 17.0. The van der Waals surface area contributed by atoms with Crippen LogP contribution in [0.3, 0.4) is 0 Å². The molecule has 0 aromatic heterocycles. The van der Waals surface area contributed by atoms with Crippen LogP contribution in [0.1, 0.15) is 23.1 Å². The van der Waals surface area contributed by atoms with Gasteiger partial charge in [0.25, 0.3) is 11.1 Å². The molecule has 0 atom stereocenters. The van der Waals surface area contributed by atoms with Gasteiger partial charge in [-0.3, -0.25) is 19.3 Å². The molecule has 1 aliphatic rings. The van der Waals surface area contributed by atoms with Crippen molar-refractivity contribution in [1.29, 1.82) is 0 Å². The molecule has 0 bridgehead atoms. The van der Waals surface area contributed by atoms with Gasteiger partial charge in [0.15, 0.2) is 0 Å². The second-order valence-electron chi connectivity index (χ2n) is 7.02. The van der Waals surface area contributed by atoms with Crippen molar-refractivity contribution in [2.24, 2.45) is 0 Å². The van der Waals surface area contributed by atoms with E-state index in [1.165, 1.54) is 0 Å². The number of hydrogen-bond acceptors (Lipinski definition) is 5. The van der Waals surface area contributed by atoms with Gasteiger partial charge < -0.3 is 10.1 Å². The van der Waals surface area contributed by atoms with Gasteiger partial charge in [-0.2, -0.15) is 0 Å². The standard InChI is InChI=1S/C23H24N2O4S/c1-16-12-17(2)14-19(13-16)29-11-8-21(26)24-9-10-25-22(27)20(30-23(25)28)15-18-6-4-3-5-7-18/h3-7,12-15H,8-11H2,1-2H3,(H,24,26)/b20-15-. The van der Waals surface area contributed by atoms with Crippen molar-refractivity contribution in [2.45, 2.75) is 20.3 Å². The lowest BCUT2D eigenvalue weighted by Crippen LogP contribution is -2.37.